The first kappa shape index (κ1) is 55.6. The number of carbonyl (C=O) groups excluding carboxylic acids is 1. The monoisotopic (exact) mass is 1060 g/mol. The first-order valence-corrected chi connectivity index (χ1v) is 30.4. The Hall–Kier alpha value is -2.25. The molecule has 22 atom stereocenters. The van der Waals surface area contributed by atoms with Crippen LogP contribution in [0.1, 0.15) is 156 Å². The molecule has 8 fully saturated rings. The SMILES string of the molecule is CCCC1CCC2OC3C(C(O)CCCC3(O)C(C)(O)C3CCC4(O)C5=C(NCC(C)O)C(=O)C6C7CCC8C(C9=C(CCCO)NC(N)C=C9)C=CC(O)(CC34C3CCC(CNC)CC3)C5C86CC(O)C7O)C2CC1. The van der Waals surface area contributed by atoms with E-state index in [4.69, 9.17) is 10.5 Å². The van der Waals surface area contributed by atoms with Crippen molar-refractivity contribution in [3.05, 3.63) is 46.8 Å². The number of rotatable bonds is 14. The number of aliphatic hydroxyl groups excluding tert-OH is 5. The van der Waals surface area contributed by atoms with E-state index in [0.29, 0.717) is 68.8 Å². The summed E-state index contributed by atoms with van der Waals surface area (Å²) in [6.07, 6.45) is 15.0. The molecule has 2 heterocycles. The number of hydrogen-bond donors (Lipinski definition) is 13. The molecule has 426 valence electrons. The molecule has 14 N–H and O–H groups in total. The standard InChI is InChI=1S/C61H96N4O11/c1-5-8-34-13-17-39-45(21-14-34)76-55-48(39)43(68)10-6-25-61(55,75)56(3,72)46-24-27-60(74)50-51(64-30-33(2)67)53(71)49-40-18-20-41-37(38-19-22-47(62)65-42(38)9-7-28-66)23-26-57(73,54(50)58(41,49)29-44(69)52(40)70)32-59(46,60)36-15-11-35(12-16-36)31-63-4/h19,22-23,26,33-37,39-41,43-49,52,54-55,63-70,72-75H,5-18,20-21,24-25,27-32,62H2,1-4H3. The van der Waals surface area contributed by atoms with Crippen molar-refractivity contribution in [1.82, 2.24) is 16.0 Å². The molecule has 15 nitrogen and oxygen atoms in total. The summed E-state index contributed by atoms with van der Waals surface area (Å²) in [6.45, 7) is 6.40. The number of nitrogens with one attached hydrogen (secondary N) is 3. The van der Waals surface area contributed by atoms with E-state index in [9.17, 15) is 40.9 Å². The van der Waals surface area contributed by atoms with Crippen LogP contribution in [0.3, 0.4) is 0 Å². The second kappa shape index (κ2) is 20.6. The maximum absolute atomic E-state index is 16.4. The fourth-order valence-electron chi connectivity index (χ4n) is 20.8. The summed E-state index contributed by atoms with van der Waals surface area (Å²) in [5.74, 6) is -4.06. The predicted octanol–water partition coefficient (Wildman–Crippen LogP) is 4.13. The minimum absolute atomic E-state index is 0.00332. The lowest BCUT2D eigenvalue weighted by atomic mass is 9.34. The molecule has 1 spiro atoms. The number of aliphatic hydroxyl groups is 9. The van der Waals surface area contributed by atoms with Gasteiger partial charge in [-0.05, 0) is 207 Å². The summed E-state index contributed by atoms with van der Waals surface area (Å²) in [4.78, 5) is 16.4. The van der Waals surface area contributed by atoms with E-state index >= 15 is 9.90 Å². The summed E-state index contributed by atoms with van der Waals surface area (Å²) in [6, 6.07) is 0. The van der Waals surface area contributed by atoms with Crippen molar-refractivity contribution in [1.29, 1.82) is 0 Å². The maximum Gasteiger partial charge on any atom is 0.182 e. The van der Waals surface area contributed by atoms with E-state index in [1.54, 1.807) is 13.8 Å². The number of ketones is 1. The third-order valence-corrected chi connectivity index (χ3v) is 23.7. The molecule has 22 unspecified atom stereocenters. The molecule has 9 aliphatic carbocycles. The third kappa shape index (κ3) is 8.24. The average Bonchev–Trinajstić information content (AvgIpc) is 3.93. The van der Waals surface area contributed by atoms with Crippen molar-refractivity contribution in [3.8, 4) is 0 Å². The summed E-state index contributed by atoms with van der Waals surface area (Å²) in [7, 11) is 1.96. The quantitative estimate of drug-likeness (QED) is 0.109. The highest BCUT2D eigenvalue weighted by Gasteiger charge is 2.82. The molecule has 76 heavy (non-hydrogen) atoms. The summed E-state index contributed by atoms with van der Waals surface area (Å²) in [5, 5.41) is 126. The Bertz CT molecular complexity index is 2300. The topological polar surface area (TPSA) is 270 Å². The number of Topliss-reactive ketones (excluding diaryl/α,β-unsaturated/α-hetero) is 1. The van der Waals surface area contributed by atoms with Crippen molar-refractivity contribution in [2.24, 2.45) is 81.7 Å². The molecule has 7 saturated carbocycles. The first-order chi connectivity index (χ1) is 36.3. The Morgan fingerprint density at radius 2 is 1.67 bits per heavy atom. The van der Waals surface area contributed by atoms with Gasteiger partial charge in [-0.15, -0.1) is 0 Å². The molecule has 11 rings (SSSR count). The predicted molar refractivity (Wildman–Crippen MR) is 287 cm³/mol. The van der Waals surface area contributed by atoms with Crippen LogP contribution >= 0.6 is 0 Å². The van der Waals surface area contributed by atoms with Crippen LogP contribution in [0.15, 0.2) is 46.8 Å². The van der Waals surface area contributed by atoms with Gasteiger partial charge in [0, 0.05) is 47.9 Å². The summed E-state index contributed by atoms with van der Waals surface area (Å²) < 4.78 is 7.19. The number of fused-ring (bicyclic) bond motifs is 5. The van der Waals surface area contributed by atoms with Gasteiger partial charge in [0.1, 0.15) is 5.60 Å². The molecule has 0 amide bonds. The van der Waals surface area contributed by atoms with Crippen LogP contribution in [-0.4, -0.2) is 144 Å². The Labute approximate surface area is 451 Å². The second-order valence-corrected chi connectivity index (χ2v) is 27.3. The van der Waals surface area contributed by atoms with Gasteiger partial charge in [-0.3, -0.25) is 4.79 Å². The van der Waals surface area contributed by atoms with Crippen LogP contribution < -0.4 is 21.7 Å². The van der Waals surface area contributed by atoms with E-state index in [-0.39, 0.29) is 80.6 Å². The highest BCUT2D eigenvalue weighted by molar-refractivity contribution is 6.00. The minimum Gasteiger partial charge on any atom is -0.396 e. The second-order valence-electron chi connectivity index (χ2n) is 27.3. The van der Waals surface area contributed by atoms with Crippen LogP contribution in [-0.2, 0) is 9.53 Å². The van der Waals surface area contributed by atoms with E-state index in [1.807, 2.05) is 25.3 Å². The number of dihydropyridines is 1. The van der Waals surface area contributed by atoms with Crippen molar-refractivity contribution < 1.29 is 55.5 Å². The molecular formula is C61H96N4O11. The van der Waals surface area contributed by atoms with Crippen LogP contribution in [0.5, 0.6) is 0 Å². The zero-order valence-corrected chi connectivity index (χ0v) is 46.1. The average molecular weight is 1060 g/mol. The third-order valence-electron chi connectivity index (χ3n) is 23.7. The summed E-state index contributed by atoms with van der Waals surface area (Å²) >= 11 is 0. The smallest absolute Gasteiger partial charge is 0.182 e. The molecule has 15 heteroatoms. The maximum atomic E-state index is 16.4. The van der Waals surface area contributed by atoms with E-state index in [1.165, 1.54) is 0 Å². The Kier molecular flexibility index (Phi) is 15.1. The number of allylic oxidation sites excluding steroid dienone is 5. The molecule has 2 bridgehead atoms. The zero-order valence-electron chi connectivity index (χ0n) is 46.1. The minimum atomic E-state index is -1.94. The summed E-state index contributed by atoms with van der Waals surface area (Å²) in [5.41, 5.74) is -1.13. The molecular weight excluding hydrogens is 965 g/mol. The van der Waals surface area contributed by atoms with E-state index in [0.717, 1.165) is 69.2 Å². The fraction of sp³-hybridized carbons (Fsp3) is 0.852. The Balaban J connectivity index is 1.13. The van der Waals surface area contributed by atoms with Gasteiger partial charge in [-0.2, -0.15) is 0 Å². The molecule has 11 aliphatic rings. The van der Waals surface area contributed by atoms with Gasteiger partial charge in [0.2, 0.25) is 0 Å². The highest BCUT2D eigenvalue weighted by Crippen LogP contribution is 2.79. The van der Waals surface area contributed by atoms with Gasteiger partial charge < -0.3 is 72.4 Å². The van der Waals surface area contributed by atoms with Crippen LogP contribution in [0.4, 0.5) is 0 Å². The number of ether oxygens (including phenoxy) is 1. The van der Waals surface area contributed by atoms with Gasteiger partial charge in [-0.1, -0.05) is 44.4 Å². The van der Waals surface area contributed by atoms with Gasteiger partial charge in [0.15, 0.2) is 5.78 Å². The molecule has 0 aromatic carbocycles. The van der Waals surface area contributed by atoms with Gasteiger partial charge in [0.05, 0.1) is 65.3 Å². The van der Waals surface area contributed by atoms with E-state index in [2.05, 4.69) is 29.0 Å². The lowest BCUT2D eigenvalue weighted by molar-refractivity contribution is -0.282. The lowest BCUT2D eigenvalue weighted by Crippen LogP contribution is -2.76. The number of carbonyl (C=O) groups is 1. The van der Waals surface area contributed by atoms with Crippen molar-refractivity contribution in [3.63, 3.8) is 0 Å². The molecule has 0 aromatic rings. The Morgan fingerprint density at radius 1 is 0.934 bits per heavy atom. The van der Waals surface area contributed by atoms with Crippen LogP contribution in [0.25, 0.3) is 0 Å². The zero-order chi connectivity index (χ0) is 53.9. The van der Waals surface area contributed by atoms with Gasteiger partial charge >= 0.3 is 0 Å². The Morgan fingerprint density at radius 3 is 2.39 bits per heavy atom. The highest BCUT2D eigenvalue weighted by atomic mass is 16.5. The van der Waals surface area contributed by atoms with Crippen LogP contribution in [0.2, 0.25) is 0 Å². The number of nitrogens with two attached hydrogens (primary N) is 1. The molecule has 0 aromatic heterocycles. The molecule has 0 radical (unpaired) electrons. The van der Waals surface area contributed by atoms with Crippen molar-refractivity contribution >= 4 is 5.78 Å². The number of hydrogen-bond acceptors (Lipinski definition) is 15. The normalized spacial score (nSPS) is 49.8. The van der Waals surface area contributed by atoms with Gasteiger partial charge in [0.25, 0.3) is 0 Å². The lowest BCUT2D eigenvalue weighted by Gasteiger charge is -2.71. The largest absolute Gasteiger partial charge is 0.396 e. The van der Waals surface area contributed by atoms with Crippen molar-refractivity contribution in [2.45, 2.75) is 221 Å². The van der Waals surface area contributed by atoms with Gasteiger partial charge in [-0.25, -0.2) is 0 Å². The van der Waals surface area contributed by atoms with Crippen LogP contribution in [0, 0.1) is 75.9 Å². The molecule has 1 saturated heterocycles. The van der Waals surface area contributed by atoms with Crippen molar-refractivity contribution in [2.75, 3.05) is 26.7 Å². The molecule has 2 aliphatic heterocycles. The van der Waals surface area contributed by atoms with E-state index < -0.39 is 105 Å². The first-order valence-electron chi connectivity index (χ1n) is 30.4. The fourth-order valence-corrected chi connectivity index (χ4v) is 20.8.